The van der Waals surface area contributed by atoms with Gasteiger partial charge in [0, 0.05) is 32.7 Å². The minimum absolute atomic E-state index is 0.254. The molecule has 1 N–H and O–H groups in total. The molecule has 0 saturated carbocycles. The monoisotopic (exact) mass is 234 g/mol. The predicted octanol–water partition coefficient (Wildman–Crippen LogP) is 0.103. The summed E-state index contributed by atoms with van der Waals surface area (Å²) in [6, 6.07) is 0. The van der Waals surface area contributed by atoms with Crippen molar-refractivity contribution in [3.05, 3.63) is 0 Å². The van der Waals surface area contributed by atoms with Gasteiger partial charge in [0.25, 0.3) is 0 Å². The van der Waals surface area contributed by atoms with Gasteiger partial charge in [0.05, 0.1) is 10.5 Å². The summed E-state index contributed by atoms with van der Waals surface area (Å²) in [6.45, 7) is 9.84. The Hall–Kier alpha value is -0.130. The zero-order valence-electron chi connectivity index (χ0n) is 9.86. The van der Waals surface area contributed by atoms with E-state index in [-0.39, 0.29) is 10.5 Å². The maximum atomic E-state index is 11.9. The topological polar surface area (TPSA) is 49.4 Å². The van der Waals surface area contributed by atoms with E-state index in [9.17, 15) is 8.42 Å². The molecule has 1 heterocycles. The highest BCUT2D eigenvalue weighted by Crippen LogP contribution is 2.10. The highest BCUT2D eigenvalue weighted by atomic mass is 32.2. The Labute approximate surface area is 93.0 Å². The van der Waals surface area contributed by atoms with E-state index in [2.05, 4.69) is 10.2 Å². The van der Waals surface area contributed by atoms with E-state index in [1.54, 1.807) is 13.8 Å². The third-order valence-electron chi connectivity index (χ3n) is 2.94. The maximum Gasteiger partial charge on any atom is 0.156 e. The molecule has 1 unspecified atom stereocenters. The SMILES string of the molecule is CC(C)S(=O)(=O)C(C)CN1CCNCC1. The summed E-state index contributed by atoms with van der Waals surface area (Å²) in [6.07, 6.45) is 0. The van der Waals surface area contributed by atoms with Crippen LogP contribution in [0.5, 0.6) is 0 Å². The van der Waals surface area contributed by atoms with Crippen LogP contribution in [0.2, 0.25) is 0 Å². The van der Waals surface area contributed by atoms with Crippen LogP contribution in [-0.4, -0.2) is 56.5 Å². The molecule has 0 bridgehead atoms. The molecular weight excluding hydrogens is 212 g/mol. The number of hydrogen-bond acceptors (Lipinski definition) is 4. The van der Waals surface area contributed by atoms with Gasteiger partial charge in [-0.1, -0.05) is 0 Å². The molecule has 1 atom stereocenters. The van der Waals surface area contributed by atoms with E-state index in [1.807, 2.05) is 6.92 Å². The lowest BCUT2D eigenvalue weighted by Crippen LogP contribution is -2.47. The van der Waals surface area contributed by atoms with Crippen molar-refractivity contribution in [2.75, 3.05) is 32.7 Å². The Morgan fingerprint density at radius 2 is 1.73 bits per heavy atom. The molecular formula is C10H22N2O2S. The van der Waals surface area contributed by atoms with Crippen LogP contribution in [-0.2, 0) is 9.84 Å². The van der Waals surface area contributed by atoms with Crippen molar-refractivity contribution in [3.63, 3.8) is 0 Å². The van der Waals surface area contributed by atoms with Crippen LogP contribution in [0.25, 0.3) is 0 Å². The molecule has 1 aliphatic rings. The zero-order valence-corrected chi connectivity index (χ0v) is 10.7. The summed E-state index contributed by atoms with van der Waals surface area (Å²) in [5.74, 6) is 0. The fraction of sp³-hybridized carbons (Fsp3) is 1.00. The van der Waals surface area contributed by atoms with Gasteiger partial charge < -0.3 is 5.32 Å². The molecule has 0 aromatic heterocycles. The first-order valence-corrected chi connectivity index (χ1v) is 7.21. The fourth-order valence-corrected chi connectivity index (χ4v) is 3.17. The second-order valence-electron chi connectivity index (χ2n) is 4.50. The number of piperazine rings is 1. The molecule has 90 valence electrons. The van der Waals surface area contributed by atoms with Crippen molar-refractivity contribution < 1.29 is 8.42 Å². The Morgan fingerprint density at radius 1 is 1.20 bits per heavy atom. The van der Waals surface area contributed by atoms with Gasteiger partial charge in [0.15, 0.2) is 9.84 Å². The van der Waals surface area contributed by atoms with Crippen molar-refractivity contribution in [1.82, 2.24) is 10.2 Å². The smallest absolute Gasteiger partial charge is 0.156 e. The van der Waals surface area contributed by atoms with Gasteiger partial charge in [0.2, 0.25) is 0 Å². The van der Waals surface area contributed by atoms with E-state index in [0.717, 1.165) is 26.2 Å². The van der Waals surface area contributed by atoms with Crippen molar-refractivity contribution in [3.8, 4) is 0 Å². The maximum absolute atomic E-state index is 11.9. The lowest BCUT2D eigenvalue weighted by Gasteiger charge is -2.30. The highest BCUT2D eigenvalue weighted by molar-refractivity contribution is 7.92. The molecule has 1 rings (SSSR count). The molecule has 0 aromatic carbocycles. The molecule has 1 fully saturated rings. The second kappa shape index (κ2) is 5.27. The first kappa shape index (κ1) is 12.9. The fourth-order valence-electron chi connectivity index (χ4n) is 1.83. The third-order valence-corrected chi connectivity index (χ3v) is 5.53. The molecule has 0 aliphatic carbocycles. The van der Waals surface area contributed by atoms with E-state index in [0.29, 0.717) is 6.54 Å². The van der Waals surface area contributed by atoms with Crippen molar-refractivity contribution in [1.29, 1.82) is 0 Å². The minimum atomic E-state index is -2.94. The molecule has 0 amide bonds. The minimum Gasteiger partial charge on any atom is -0.314 e. The number of rotatable bonds is 4. The number of nitrogens with zero attached hydrogens (tertiary/aromatic N) is 1. The molecule has 1 aliphatic heterocycles. The molecule has 5 heteroatoms. The van der Waals surface area contributed by atoms with Crippen LogP contribution < -0.4 is 5.32 Å². The summed E-state index contributed by atoms with van der Waals surface area (Å²) in [5.41, 5.74) is 0. The highest BCUT2D eigenvalue weighted by Gasteiger charge is 2.26. The third kappa shape index (κ3) is 3.43. The molecule has 0 aromatic rings. The standard InChI is InChI=1S/C10H22N2O2S/c1-9(2)15(13,14)10(3)8-12-6-4-11-5-7-12/h9-11H,4-8H2,1-3H3. The molecule has 4 nitrogen and oxygen atoms in total. The molecule has 0 radical (unpaired) electrons. The summed E-state index contributed by atoms with van der Waals surface area (Å²) in [5, 5.41) is 2.74. The quantitative estimate of drug-likeness (QED) is 0.750. The van der Waals surface area contributed by atoms with Crippen molar-refractivity contribution in [2.24, 2.45) is 0 Å². The van der Waals surface area contributed by atoms with Crippen LogP contribution in [0.1, 0.15) is 20.8 Å². The van der Waals surface area contributed by atoms with E-state index < -0.39 is 9.84 Å². The lowest BCUT2D eigenvalue weighted by atomic mass is 10.3. The Morgan fingerprint density at radius 3 is 2.20 bits per heavy atom. The molecule has 1 saturated heterocycles. The average molecular weight is 234 g/mol. The number of hydrogen-bond donors (Lipinski definition) is 1. The second-order valence-corrected chi connectivity index (χ2v) is 7.42. The van der Waals surface area contributed by atoms with Gasteiger partial charge in [-0.25, -0.2) is 8.42 Å². The Bertz CT molecular complexity index is 282. The Balaban J connectivity index is 2.50. The summed E-state index contributed by atoms with van der Waals surface area (Å²) < 4.78 is 23.7. The van der Waals surface area contributed by atoms with E-state index in [1.165, 1.54) is 0 Å². The summed E-state index contributed by atoms with van der Waals surface area (Å²) in [7, 11) is -2.94. The predicted molar refractivity (Wildman–Crippen MR) is 62.8 cm³/mol. The largest absolute Gasteiger partial charge is 0.314 e. The first-order valence-electron chi connectivity index (χ1n) is 5.60. The van der Waals surface area contributed by atoms with Crippen molar-refractivity contribution in [2.45, 2.75) is 31.3 Å². The first-order chi connectivity index (χ1) is 6.94. The number of sulfone groups is 1. The summed E-state index contributed by atoms with van der Waals surface area (Å²) >= 11 is 0. The van der Waals surface area contributed by atoms with Crippen LogP contribution in [0.15, 0.2) is 0 Å². The number of nitrogens with one attached hydrogen (secondary N) is 1. The van der Waals surface area contributed by atoms with Gasteiger partial charge in [-0.15, -0.1) is 0 Å². The van der Waals surface area contributed by atoms with Gasteiger partial charge in [-0.2, -0.15) is 0 Å². The normalized spacial score (nSPS) is 21.9. The van der Waals surface area contributed by atoms with Gasteiger partial charge >= 0.3 is 0 Å². The van der Waals surface area contributed by atoms with Crippen LogP contribution >= 0.6 is 0 Å². The molecule has 15 heavy (non-hydrogen) atoms. The average Bonchev–Trinajstić information content (AvgIpc) is 2.18. The van der Waals surface area contributed by atoms with E-state index >= 15 is 0 Å². The zero-order chi connectivity index (χ0) is 11.5. The van der Waals surface area contributed by atoms with E-state index in [4.69, 9.17) is 0 Å². The van der Waals surface area contributed by atoms with Crippen LogP contribution in [0.4, 0.5) is 0 Å². The van der Waals surface area contributed by atoms with Crippen LogP contribution in [0.3, 0.4) is 0 Å². The van der Waals surface area contributed by atoms with Gasteiger partial charge in [-0.3, -0.25) is 4.90 Å². The van der Waals surface area contributed by atoms with Crippen molar-refractivity contribution >= 4 is 9.84 Å². The Kier molecular flexibility index (Phi) is 4.55. The lowest BCUT2D eigenvalue weighted by molar-refractivity contribution is 0.242. The van der Waals surface area contributed by atoms with Crippen LogP contribution in [0, 0.1) is 0 Å². The molecule has 0 spiro atoms. The van der Waals surface area contributed by atoms with Gasteiger partial charge in [0.1, 0.15) is 0 Å². The van der Waals surface area contributed by atoms with Gasteiger partial charge in [-0.05, 0) is 20.8 Å². The summed E-state index contributed by atoms with van der Waals surface area (Å²) in [4.78, 5) is 2.22.